The molecule has 0 radical (unpaired) electrons. The van der Waals surface area contributed by atoms with Crippen molar-refractivity contribution in [1.29, 1.82) is 0 Å². The average molecular weight is 195 g/mol. The Kier molecular flexibility index (Phi) is 2.09. The largest absolute Gasteiger partial charge is 0.465 e. The molecule has 0 saturated heterocycles. The maximum atomic E-state index is 11.7. The third kappa shape index (κ3) is 1.22. The van der Waals surface area contributed by atoms with E-state index >= 15 is 0 Å². The fourth-order valence-electron chi connectivity index (χ4n) is 1.41. The van der Waals surface area contributed by atoms with E-state index in [1.807, 2.05) is 0 Å². The van der Waals surface area contributed by atoms with Gasteiger partial charge in [0.25, 0.3) is 0 Å². The van der Waals surface area contributed by atoms with Gasteiger partial charge in [-0.05, 0) is 0 Å². The first kappa shape index (κ1) is 8.96. The molecule has 1 N–H and O–H groups in total. The number of pyridine rings is 1. The highest BCUT2D eigenvalue weighted by Crippen LogP contribution is 2.13. The topological polar surface area (TPSA) is 68.4 Å². The second-order valence-electron chi connectivity index (χ2n) is 2.97. The summed E-state index contributed by atoms with van der Waals surface area (Å²) in [7, 11) is 1.24. The molecule has 0 aromatic carbocycles. The van der Waals surface area contributed by atoms with Gasteiger partial charge in [0.05, 0.1) is 26.0 Å². The second kappa shape index (κ2) is 3.26. The average Bonchev–Trinajstić information content (AvgIpc) is 2.66. The number of esters is 1. The van der Waals surface area contributed by atoms with Crippen LogP contribution >= 0.6 is 0 Å². The number of H-pyrrole nitrogens is 1. The molecule has 0 fully saturated rings. The first-order valence-electron chi connectivity index (χ1n) is 4.13. The van der Waals surface area contributed by atoms with Crippen LogP contribution in [0.25, 0.3) is 0 Å². The van der Waals surface area contributed by atoms with Crippen molar-refractivity contribution in [2.75, 3.05) is 7.11 Å². The van der Waals surface area contributed by atoms with Crippen LogP contribution in [0.4, 0.5) is 0 Å². The van der Waals surface area contributed by atoms with Crippen molar-refractivity contribution in [2.45, 2.75) is 13.2 Å². The lowest BCUT2D eigenvalue weighted by Crippen LogP contribution is -2.20. The molecule has 2 heterocycles. The molecule has 1 aromatic heterocycles. The first-order valence-corrected chi connectivity index (χ1v) is 4.13. The summed E-state index contributed by atoms with van der Waals surface area (Å²) in [6, 6.07) is 0. The fraction of sp³-hybridized carbons (Fsp3) is 0.333. The van der Waals surface area contributed by atoms with Crippen LogP contribution in [0.3, 0.4) is 0 Å². The van der Waals surface area contributed by atoms with Gasteiger partial charge in [-0.2, -0.15) is 0 Å². The van der Waals surface area contributed by atoms with Gasteiger partial charge in [-0.1, -0.05) is 0 Å². The van der Waals surface area contributed by atoms with Gasteiger partial charge >= 0.3 is 5.97 Å². The van der Waals surface area contributed by atoms with E-state index in [1.165, 1.54) is 13.3 Å². The quantitative estimate of drug-likeness (QED) is 0.649. The standard InChI is InChI=1S/C9H9NO4/c1-13-9(12)5-2-10-7-4-14-3-6(7)8(5)11/h2H,3-4H2,1H3,(H,10,11). The van der Waals surface area contributed by atoms with Crippen molar-refractivity contribution in [3.63, 3.8) is 0 Å². The zero-order valence-electron chi connectivity index (χ0n) is 7.62. The monoisotopic (exact) mass is 195 g/mol. The van der Waals surface area contributed by atoms with Crippen molar-refractivity contribution in [2.24, 2.45) is 0 Å². The SMILES string of the molecule is COC(=O)c1c[nH]c2c(c1=O)COC2. The lowest BCUT2D eigenvalue weighted by atomic mass is 10.1. The number of ether oxygens (including phenoxy) is 2. The van der Waals surface area contributed by atoms with E-state index in [4.69, 9.17) is 4.74 Å². The van der Waals surface area contributed by atoms with Gasteiger partial charge < -0.3 is 14.5 Å². The van der Waals surface area contributed by atoms with Crippen LogP contribution in [0.2, 0.25) is 0 Å². The zero-order chi connectivity index (χ0) is 10.1. The highest BCUT2D eigenvalue weighted by atomic mass is 16.5. The highest BCUT2D eigenvalue weighted by Gasteiger charge is 2.20. The molecule has 0 bridgehead atoms. The first-order chi connectivity index (χ1) is 6.74. The summed E-state index contributed by atoms with van der Waals surface area (Å²) in [6.45, 7) is 0.654. The van der Waals surface area contributed by atoms with Crippen molar-refractivity contribution >= 4 is 5.97 Å². The van der Waals surface area contributed by atoms with Crippen molar-refractivity contribution < 1.29 is 14.3 Å². The normalized spacial score (nSPS) is 13.8. The molecule has 14 heavy (non-hydrogen) atoms. The van der Waals surface area contributed by atoms with Crippen LogP contribution in [-0.2, 0) is 22.7 Å². The molecular formula is C9H9NO4. The van der Waals surface area contributed by atoms with E-state index < -0.39 is 5.97 Å². The summed E-state index contributed by atoms with van der Waals surface area (Å²) in [4.78, 5) is 25.7. The van der Waals surface area contributed by atoms with Crippen LogP contribution in [-0.4, -0.2) is 18.1 Å². The minimum atomic E-state index is -0.624. The lowest BCUT2D eigenvalue weighted by molar-refractivity contribution is 0.0598. The molecule has 74 valence electrons. The van der Waals surface area contributed by atoms with E-state index in [0.717, 1.165) is 5.69 Å². The van der Waals surface area contributed by atoms with Gasteiger partial charge in [0, 0.05) is 11.8 Å². The molecule has 0 spiro atoms. The number of fused-ring (bicyclic) bond motifs is 1. The summed E-state index contributed by atoms with van der Waals surface area (Å²) in [6.07, 6.45) is 1.36. The smallest absolute Gasteiger partial charge is 0.343 e. The Balaban J connectivity index is 2.56. The number of aromatic amines is 1. The minimum Gasteiger partial charge on any atom is -0.465 e. The lowest BCUT2D eigenvalue weighted by Gasteiger charge is -2.00. The number of hydrogen-bond acceptors (Lipinski definition) is 4. The van der Waals surface area contributed by atoms with Gasteiger partial charge in [-0.15, -0.1) is 0 Å². The molecule has 1 aliphatic heterocycles. The van der Waals surface area contributed by atoms with Crippen LogP contribution < -0.4 is 5.43 Å². The Morgan fingerprint density at radius 2 is 2.36 bits per heavy atom. The van der Waals surface area contributed by atoms with Gasteiger partial charge in [-0.3, -0.25) is 4.79 Å². The van der Waals surface area contributed by atoms with Crippen LogP contribution in [0, 0.1) is 0 Å². The van der Waals surface area contributed by atoms with Gasteiger partial charge in [-0.25, -0.2) is 4.79 Å². The van der Waals surface area contributed by atoms with E-state index in [2.05, 4.69) is 9.72 Å². The third-order valence-electron chi connectivity index (χ3n) is 2.17. The number of rotatable bonds is 1. The fourth-order valence-corrected chi connectivity index (χ4v) is 1.41. The van der Waals surface area contributed by atoms with Gasteiger partial charge in [0.15, 0.2) is 0 Å². The molecule has 1 aromatic rings. The molecule has 5 nitrogen and oxygen atoms in total. The Labute approximate surface area is 79.7 Å². The summed E-state index contributed by atoms with van der Waals surface area (Å²) >= 11 is 0. The van der Waals surface area contributed by atoms with Gasteiger partial charge in [0.1, 0.15) is 5.56 Å². The summed E-state index contributed by atoms with van der Waals surface area (Å²) in [5.74, 6) is -0.624. The minimum absolute atomic E-state index is 0.0248. The highest BCUT2D eigenvalue weighted by molar-refractivity contribution is 5.89. The van der Waals surface area contributed by atoms with Crippen LogP contribution in [0.5, 0.6) is 0 Å². The molecule has 1 aliphatic rings. The molecule has 0 aliphatic carbocycles. The number of aromatic nitrogens is 1. The maximum Gasteiger partial charge on any atom is 0.343 e. The summed E-state index contributed by atoms with van der Waals surface area (Å²) < 4.78 is 9.56. The van der Waals surface area contributed by atoms with Crippen LogP contribution in [0.15, 0.2) is 11.0 Å². The van der Waals surface area contributed by atoms with Crippen molar-refractivity contribution in [3.05, 3.63) is 33.2 Å². The number of methoxy groups -OCH3 is 1. The molecule has 0 atom stereocenters. The summed E-state index contributed by atoms with van der Waals surface area (Å²) in [5, 5.41) is 0. The Bertz CT molecular complexity index is 435. The molecule has 5 heteroatoms. The third-order valence-corrected chi connectivity index (χ3v) is 2.17. The van der Waals surface area contributed by atoms with E-state index in [9.17, 15) is 9.59 Å². The molecule has 0 unspecified atom stereocenters. The molecule has 0 amide bonds. The second-order valence-corrected chi connectivity index (χ2v) is 2.97. The van der Waals surface area contributed by atoms with E-state index in [0.29, 0.717) is 12.2 Å². The Morgan fingerprint density at radius 3 is 3.07 bits per heavy atom. The number of carbonyl (C=O) groups is 1. The Morgan fingerprint density at radius 1 is 1.57 bits per heavy atom. The molecule has 0 saturated carbocycles. The Hall–Kier alpha value is -1.62. The predicted molar refractivity (Wildman–Crippen MR) is 46.9 cm³/mol. The number of nitrogens with one attached hydrogen (secondary N) is 1. The maximum absolute atomic E-state index is 11.7. The van der Waals surface area contributed by atoms with Crippen LogP contribution in [0.1, 0.15) is 21.6 Å². The van der Waals surface area contributed by atoms with Gasteiger partial charge in [0.2, 0.25) is 5.43 Å². The number of carbonyl (C=O) groups excluding carboxylic acids is 1. The summed E-state index contributed by atoms with van der Waals surface area (Å²) in [5.41, 5.74) is 0.982. The van der Waals surface area contributed by atoms with Crippen molar-refractivity contribution in [1.82, 2.24) is 4.98 Å². The zero-order valence-corrected chi connectivity index (χ0v) is 7.62. The predicted octanol–water partition coefficient (Wildman–Crippen LogP) is 0.192. The number of hydrogen-bond donors (Lipinski definition) is 1. The van der Waals surface area contributed by atoms with E-state index in [-0.39, 0.29) is 17.6 Å². The molecular weight excluding hydrogens is 186 g/mol. The van der Waals surface area contributed by atoms with Crippen molar-refractivity contribution in [3.8, 4) is 0 Å². The molecule has 2 rings (SSSR count). The van der Waals surface area contributed by atoms with E-state index in [1.54, 1.807) is 0 Å².